The fourth-order valence-corrected chi connectivity index (χ4v) is 18.7. The van der Waals surface area contributed by atoms with Gasteiger partial charge in [-0.05, 0) is 210 Å². The summed E-state index contributed by atoms with van der Waals surface area (Å²) in [4.78, 5) is 110. The van der Waals surface area contributed by atoms with Crippen molar-refractivity contribution in [2.75, 3.05) is 49.4 Å². The SMILES string of the molecule is CC(=O)NC[C@@H](NC(=O)c1ccc(-c2nc(C3CCC(O)CC3)cnc2N)cc1F)c1cccc(Cl)c1.COC1CCC(c2cnc(N)c(-c3ccc(C(=O)N[C@H](CNC(C)=O)c4cccc(Cl)c4)c(F)c3)n2)CC1.C[C@@H](NC(=O)c1ccc(-c2nc(C3CCC(O)CC3)cnc2N)cc1F)c1cc(F)cc(S(C)(=O)=O)c1.Nc1ncc(C2CCCCC2)nc1-c1ccc(C(=O)NCc2ccccc2)c(F)c1. The number of nitrogen functional groups attached to an aromatic ring is 4. The maximum atomic E-state index is 15.2. The summed E-state index contributed by atoms with van der Waals surface area (Å²) in [6.45, 7) is 4.85. The van der Waals surface area contributed by atoms with Crippen LogP contribution in [0.25, 0.3) is 45.0 Å². The summed E-state index contributed by atoms with van der Waals surface area (Å²) in [6.07, 6.45) is 22.7. The monoisotopic (exact) mass is 2000 g/mol. The first-order chi connectivity index (χ1) is 68.0. The third kappa shape index (κ3) is 28.5. The number of methoxy groups -OCH3 is 1. The number of rotatable bonds is 26. The Kier molecular flexibility index (Phi) is 36.4. The molecule has 4 fully saturated rings. The second kappa shape index (κ2) is 49.0. The fraction of sp³-hybridized carbons (Fsp3) is 0.333. The van der Waals surface area contributed by atoms with E-state index in [2.05, 4.69) is 61.8 Å². The number of aromatic nitrogens is 8. The molecule has 142 heavy (non-hydrogen) atoms. The normalized spacial score (nSPS) is 17.5. The molecule has 29 nitrogen and oxygen atoms in total. The van der Waals surface area contributed by atoms with Gasteiger partial charge in [0.15, 0.2) is 9.84 Å². The van der Waals surface area contributed by atoms with Crippen molar-refractivity contribution in [1.82, 2.24) is 71.8 Å². The van der Waals surface area contributed by atoms with Crippen LogP contribution in [0.3, 0.4) is 0 Å². The molecule has 4 saturated carbocycles. The first kappa shape index (κ1) is 105. The van der Waals surface area contributed by atoms with Crippen molar-refractivity contribution in [3.05, 3.63) is 301 Å². The molecule has 4 aliphatic carbocycles. The van der Waals surface area contributed by atoms with E-state index in [0.29, 0.717) is 104 Å². The number of benzene rings is 8. The highest BCUT2D eigenvalue weighted by molar-refractivity contribution is 7.90. The van der Waals surface area contributed by atoms with Gasteiger partial charge in [0, 0.05) is 103 Å². The second-order valence-electron chi connectivity index (χ2n) is 35.8. The zero-order chi connectivity index (χ0) is 102. The van der Waals surface area contributed by atoms with Crippen LogP contribution >= 0.6 is 23.2 Å². The van der Waals surface area contributed by atoms with Gasteiger partial charge in [-0.3, -0.25) is 28.8 Å². The Bertz CT molecular complexity index is 6660. The molecular weight excluding hydrogens is 1890 g/mol. The Morgan fingerprint density at radius 2 is 0.768 bits per heavy atom. The lowest BCUT2D eigenvalue weighted by atomic mass is 9.85. The highest BCUT2D eigenvalue weighted by atomic mass is 35.5. The maximum Gasteiger partial charge on any atom is 0.254 e. The number of halogens is 7. The minimum atomic E-state index is -3.66. The molecule has 4 aliphatic rings. The van der Waals surface area contributed by atoms with Crippen LogP contribution in [0, 0.1) is 29.1 Å². The average molecular weight is 2000 g/mol. The summed E-state index contributed by atoms with van der Waals surface area (Å²) in [7, 11) is -1.93. The molecule has 0 saturated heterocycles. The Labute approximate surface area is 829 Å². The Balaban J connectivity index is 0.000000160. The van der Waals surface area contributed by atoms with Gasteiger partial charge in [0.2, 0.25) is 11.8 Å². The molecule has 12 aromatic rings. The van der Waals surface area contributed by atoms with E-state index in [0.717, 1.165) is 117 Å². The standard InChI is InChI=1S/C28H31ClFN5O3.C27H29ClFN5O3.C26H28F2N4O4S.C24H25FN4O/c1-16(36)32-14-25(18-4-3-5-20(29)12-18)35-28(37)22-11-8-19(13-23(22)30)26-27(31)33-15-24(34-26)17-6-9-21(38-2)10-7-17;1-15(35)31-13-24(17-3-2-4-19(28)11-17)34-27(37)21-10-7-18(12-22(21)29)25-26(30)32-14-23(33-25)16-5-8-20(36)9-6-16;1-14(17-9-18(27)12-20(10-17)37(2,35)36)31-26(34)21-8-5-16(11-22(21)28)24-25(29)30-13-23(32-24)15-3-6-19(33)7-4-15;25-20-13-18(11-12-19(20)24(30)28-14-16-7-3-1-4-8-16)22-23(26)27-15-21(29-22)17-9-5-2-6-10-17/h3-5,8,11-13,15,17,21,25H,6-7,9-10,14H2,1-2H3,(H2,31,33)(H,32,36)(H,35,37);2-4,7,10-12,14,16,20,24,36H,5-6,8-9,13H2,1H3,(H2,30,32)(H,31,35)(H,34,37);5,8-15,19,33H,3-4,6-7H2,1-2H3,(H2,29,30)(H,31,34);1,3-4,7-8,11-13,15,17H,2,5-6,9-10,14H2,(H2,26,27)(H,28,30)/t17?,21?,25-;16?,20?,24-;14-,15?,19?;/m111./s1. The van der Waals surface area contributed by atoms with Gasteiger partial charge in [-0.25, -0.2) is 70.2 Å². The number of sulfone groups is 1. The fourth-order valence-electron chi connectivity index (χ4n) is 17.6. The molecular formula is C105H113Cl2F5N18O11S. The summed E-state index contributed by atoms with van der Waals surface area (Å²) < 4.78 is 103. The van der Waals surface area contributed by atoms with Gasteiger partial charge in [-0.15, -0.1) is 0 Å². The van der Waals surface area contributed by atoms with Crippen molar-refractivity contribution in [2.45, 2.75) is 201 Å². The van der Waals surface area contributed by atoms with Gasteiger partial charge in [-0.2, -0.15) is 0 Å². The van der Waals surface area contributed by atoms with E-state index in [9.17, 15) is 56.2 Å². The molecule has 6 amide bonds. The van der Waals surface area contributed by atoms with Crippen LogP contribution in [0.15, 0.2) is 200 Å². The van der Waals surface area contributed by atoms with Gasteiger partial charge in [0.05, 0.1) is 111 Å². The quantitative estimate of drug-likeness (QED) is 0.0224. The van der Waals surface area contributed by atoms with Crippen molar-refractivity contribution < 1.29 is 74.1 Å². The zero-order valence-corrected chi connectivity index (χ0v) is 81.2. The van der Waals surface area contributed by atoms with Crippen LogP contribution in [0.5, 0.6) is 0 Å². The van der Waals surface area contributed by atoms with E-state index in [4.69, 9.17) is 60.8 Å². The molecule has 0 bridgehead atoms. The van der Waals surface area contributed by atoms with Crippen molar-refractivity contribution in [3.63, 3.8) is 0 Å². The summed E-state index contributed by atoms with van der Waals surface area (Å²) in [6, 6.07) is 41.3. The van der Waals surface area contributed by atoms with E-state index in [-0.39, 0.29) is 117 Å². The lowest BCUT2D eigenvalue weighted by molar-refractivity contribution is -0.119. The predicted molar refractivity (Wildman–Crippen MR) is 533 cm³/mol. The number of anilines is 4. The smallest absolute Gasteiger partial charge is 0.254 e. The minimum Gasteiger partial charge on any atom is -0.393 e. The Hall–Kier alpha value is -13.8. The van der Waals surface area contributed by atoms with Gasteiger partial charge in [0.1, 0.15) is 75.1 Å². The maximum absolute atomic E-state index is 15.2. The molecule has 16 N–H and O–H groups in total. The molecule has 3 atom stereocenters. The minimum absolute atomic E-state index is 0.00959. The highest BCUT2D eigenvalue weighted by Crippen LogP contribution is 2.41. The first-order valence-electron chi connectivity index (χ1n) is 46.8. The molecule has 16 rings (SSSR count). The molecule has 0 spiro atoms. The number of aliphatic hydroxyl groups excluding tert-OH is 2. The number of nitrogens with zero attached hydrogens (tertiary/aromatic N) is 8. The molecule has 0 aliphatic heterocycles. The van der Waals surface area contributed by atoms with Crippen LogP contribution in [-0.4, -0.2) is 139 Å². The number of aliphatic hydroxyl groups is 2. The van der Waals surface area contributed by atoms with Gasteiger partial charge in [0.25, 0.3) is 23.6 Å². The van der Waals surface area contributed by atoms with Crippen molar-refractivity contribution in [3.8, 4) is 45.0 Å². The molecule has 4 heterocycles. The lowest BCUT2D eigenvalue weighted by Crippen LogP contribution is -2.37. The number of nitrogens with one attached hydrogen (secondary N) is 6. The lowest BCUT2D eigenvalue weighted by Gasteiger charge is -2.27. The Morgan fingerprint density at radius 1 is 0.415 bits per heavy atom. The van der Waals surface area contributed by atoms with E-state index in [1.54, 1.807) is 98.6 Å². The average Bonchev–Trinajstić information content (AvgIpc) is 0.808. The predicted octanol–water partition coefficient (Wildman–Crippen LogP) is 17.7. The van der Waals surface area contributed by atoms with E-state index >= 15 is 13.2 Å². The second-order valence-corrected chi connectivity index (χ2v) is 38.7. The number of carbonyl (C=O) groups is 6. The number of nitrogens with two attached hydrogens (primary N) is 4. The van der Waals surface area contributed by atoms with Crippen LogP contribution < -0.4 is 54.8 Å². The van der Waals surface area contributed by atoms with Crippen LogP contribution in [0.4, 0.5) is 45.2 Å². The summed E-state index contributed by atoms with van der Waals surface area (Å²) in [5, 5.41) is 36.7. The molecule has 37 heteroatoms. The highest BCUT2D eigenvalue weighted by Gasteiger charge is 2.32. The Morgan fingerprint density at radius 3 is 1.11 bits per heavy atom. The number of amides is 6. The number of carbonyl (C=O) groups excluding carboxylic acids is 6. The third-order valence-electron chi connectivity index (χ3n) is 25.6. The number of ether oxygens (including phenoxy) is 1. The van der Waals surface area contributed by atoms with Gasteiger partial charge in [-0.1, -0.05) is 121 Å². The van der Waals surface area contributed by atoms with E-state index in [1.165, 1.54) is 94.6 Å². The molecule has 4 aromatic heterocycles. The summed E-state index contributed by atoms with van der Waals surface area (Å²) in [5.41, 5.74) is 32.6. The molecule has 744 valence electrons. The third-order valence-corrected chi connectivity index (χ3v) is 27.2. The number of hydrogen-bond donors (Lipinski definition) is 12. The van der Waals surface area contributed by atoms with Crippen molar-refractivity contribution in [2.24, 2.45) is 0 Å². The molecule has 0 radical (unpaired) electrons. The molecule has 0 unspecified atom stereocenters. The molecule has 8 aromatic carbocycles. The number of hydrogen-bond acceptors (Lipinski definition) is 23. The van der Waals surface area contributed by atoms with E-state index < -0.39 is 80.7 Å². The van der Waals surface area contributed by atoms with E-state index in [1.807, 2.05) is 30.3 Å². The van der Waals surface area contributed by atoms with Crippen LogP contribution in [0.2, 0.25) is 10.0 Å². The summed E-state index contributed by atoms with van der Waals surface area (Å²) in [5.74, 6) is -5.06. The summed E-state index contributed by atoms with van der Waals surface area (Å²) >= 11 is 12.2. The van der Waals surface area contributed by atoms with Crippen LogP contribution in [0.1, 0.15) is 258 Å². The van der Waals surface area contributed by atoms with Gasteiger partial charge >= 0.3 is 0 Å². The van der Waals surface area contributed by atoms with Crippen LogP contribution in [-0.2, 0) is 30.7 Å². The van der Waals surface area contributed by atoms with Crippen molar-refractivity contribution in [1.29, 1.82) is 0 Å². The van der Waals surface area contributed by atoms with Gasteiger partial charge < -0.3 is 69.8 Å². The zero-order valence-electron chi connectivity index (χ0n) is 78.9. The largest absolute Gasteiger partial charge is 0.393 e. The first-order valence-corrected chi connectivity index (χ1v) is 49.5. The topological polar surface area (TPSA) is 466 Å². The van der Waals surface area contributed by atoms with Crippen molar-refractivity contribution >= 4 is 91.8 Å².